The second-order valence-electron chi connectivity index (χ2n) is 6.96. The molecule has 1 aliphatic rings. The van der Waals surface area contributed by atoms with Crippen LogP contribution in [0.25, 0.3) is 0 Å². The molecule has 4 heteroatoms. The van der Waals surface area contributed by atoms with Gasteiger partial charge >= 0.3 is 0 Å². The summed E-state index contributed by atoms with van der Waals surface area (Å²) in [5, 5.41) is 2.96. The summed E-state index contributed by atoms with van der Waals surface area (Å²) < 4.78 is 0. The number of para-hydroxylation sites is 2. The number of hydrogen-bond donors (Lipinski definition) is 1. The largest absolute Gasteiger partial charge is 0.344 e. The summed E-state index contributed by atoms with van der Waals surface area (Å²) in [6, 6.07) is 26.6. The van der Waals surface area contributed by atoms with Gasteiger partial charge in [0.15, 0.2) is 0 Å². The number of aryl methyl sites for hydroxylation is 1. The van der Waals surface area contributed by atoms with Gasteiger partial charge in [0.25, 0.3) is 5.91 Å². The second-order valence-corrected chi connectivity index (χ2v) is 6.96. The van der Waals surface area contributed by atoms with E-state index in [1.54, 1.807) is 4.90 Å². The number of nitrogens with zero attached hydrogens (tertiary/aromatic N) is 1. The van der Waals surface area contributed by atoms with Crippen molar-refractivity contribution in [3.05, 3.63) is 96.1 Å². The van der Waals surface area contributed by atoms with Crippen LogP contribution in [0.2, 0.25) is 0 Å². The van der Waals surface area contributed by atoms with Crippen molar-refractivity contribution >= 4 is 23.2 Å². The number of benzene rings is 3. The Kier molecular flexibility index (Phi) is 5.20. The average Bonchev–Trinajstić information content (AvgIpc) is 2.86. The number of carbonyl (C=O) groups is 2. The molecule has 3 aromatic carbocycles. The van der Waals surface area contributed by atoms with Crippen LogP contribution >= 0.6 is 0 Å². The summed E-state index contributed by atoms with van der Waals surface area (Å²) in [7, 11) is 0. The molecule has 0 bridgehead atoms. The van der Waals surface area contributed by atoms with Crippen molar-refractivity contribution in [2.45, 2.75) is 25.3 Å². The van der Waals surface area contributed by atoms with Crippen LogP contribution in [0.5, 0.6) is 0 Å². The van der Waals surface area contributed by atoms with Crippen molar-refractivity contribution < 1.29 is 9.59 Å². The van der Waals surface area contributed by atoms with Crippen LogP contribution in [-0.4, -0.2) is 17.9 Å². The number of amides is 2. The van der Waals surface area contributed by atoms with E-state index in [1.807, 2.05) is 84.9 Å². The minimum Gasteiger partial charge on any atom is -0.344 e. The van der Waals surface area contributed by atoms with Gasteiger partial charge in [-0.05, 0) is 42.2 Å². The van der Waals surface area contributed by atoms with Crippen LogP contribution < -0.4 is 10.2 Å². The number of carbonyl (C=O) groups excluding carboxylic acids is 2. The van der Waals surface area contributed by atoms with Gasteiger partial charge in [-0.15, -0.1) is 0 Å². The first-order valence-electron chi connectivity index (χ1n) is 9.52. The summed E-state index contributed by atoms with van der Waals surface area (Å²) in [6.07, 6.45) is 1.59. The molecule has 0 spiro atoms. The van der Waals surface area contributed by atoms with Gasteiger partial charge in [-0.25, -0.2) is 0 Å². The maximum Gasteiger partial charge on any atom is 0.254 e. The lowest BCUT2D eigenvalue weighted by atomic mass is 10.1. The van der Waals surface area contributed by atoms with E-state index in [0.717, 1.165) is 28.9 Å². The normalized spacial score (nSPS) is 16.2. The Morgan fingerprint density at radius 3 is 2.29 bits per heavy atom. The van der Waals surface area contributed by atoms with Gasteiger partial charge in [-0.2, -0.15) is 0 Å². The summed E-state index contributed by atoms with van der Waals surface area (Å²) in [5.41, 5.74) is 3.74. The van der Waals surface area contributed by atoms with E-state index in [-0.39, 0.29) is 18.2 Å². The molecule has 1 unspecified atom stereocenters. The molecule has 1 heterocycles. The summed E-state index contributed by atoms with van der Waals surface area (Å²) in [4.78, 5) is 27.7. The van der Waals surface area contributed by atoms with E-state index < -0.39 is 6.04 Å². The lowest BCUT2D eigenvalue weighted by Gasteiger charge is -2.26. The Morgan fingerprint density at radius 2 is 1.54 bits per heavy atom. The highest BCUT2D eigenvalue weighted by atomic mass is 16.2. The fourth-order valence-corrected chi connectivity index (χ4v) is 3.64. The molecule has 1 atom stereocenters. The Balaban J connectivity index is 1.60. The molecule has 2 amide bonds. The number of anilines is 2. The van der Waals surface area contributed by atoms with E-state index in [1.165, 1.54) is 0 Å². The number of nitrogens with one attached hydrogen (secondary N) is 1. The van der Waals surface area contributed by atoms with Gasteiger partial charge in [0.2, 0.25) is 5.91 Å². The van der Waals surface area contributed by atoms with Crippen LogP contribution in [-0.2, 0) is 22.4 Å². The van der Waals surface area contributed by atoms with Gasteiger partial charge in [-0.3, -0.25) is 14.5 Å². The molecule has 0 aromatic heterocycles. The van der Waals surface area contributed by atoms with Crippen molar-refractivity contribution in [1.29, 1.82) is 0 Å². The monoisotopic (exact) mass is 370 g/mol. The SMILES string of the molecule is O=C(Cc1ccccc1)NC1CCc2ccccc2N(c2ccccc2)C1=O. The Morgan fingerprint density at radius 1 is 0.893 bits per heavy atom. The quantitative estimate of drug-likeness (QED) is 0.754. The minimum atomic E-state index is -0.552. The summed E-state index contributed by atoms with van der Waals surface area (Å²) in [6.45, 7) is 0. The molecule has 0 radical (unpaired) electrons. The number of fused-ring (bicyclic) bond motifs is 1. The highest BCUT2D eigenvalue weighted by molar-refractivity contribution is 6.06. The van der Waals surface area contributed by atoms with E-state index in [2.05, 4.69) is 5.32 Å². The summed E-state index contributed by atoms with van der Waals surface area (Å²) >= 11 is 0. The predicted octanol–water partition coefficient (Wildman–Crippen LogP) is 4.03. The molecular formula is C24H22N2O2. The number of hydrogen-bond acceptors (Lipinski definition) is 2. The lowest BCUT2D eigenvalue weighted by Crippen LogP contribution is -2.47. The lowest BCUT2D eigenvalue weighted by molar-refractivity contribution is -0.126. The van der Waals surface area contributed by atoms with Crippen molar-refractivity contribution in [1.82, 2.24) is 5.32 Å². The maximum atomic E-state index is 13.4. The Hall–Kier alpha value is -3.40. The predicted molar refractivity (Wildman–Crippen MR) is 110 cm³/mol. The minimum absolute atomic E-state index is 0.0995. The standard InChI is InChI=1S/C24H22N2O2/c27-23(17-18-9-3-1-4-10-18)25-21-16-15-19-11-7-8-14-22(19)26(24(21)28)20-12-5-2-6-13-20/h1-14,21H,15-17H2,(H,25,27). The third-order valence-electron chi connectivity index (χ3n) is 5.01. The first-order chi connectivity index (χ1) is 13.7. The first kappa shape index (κ1) is 18.0. The second kappa shape index (κ2) is 8.09. The third kappa shape index (κ3) is 3.81. The molecule has 3 aromatic rings. The van der Waals surface area contributed by atoms with E-state index in [0.29, 0.717) is 6.42 Å². The molecule has 4 rings (SSSR count). The third-order valence-corrected chi connectivity index (χ3v) is 5.01. The van der Waals surface area contributed by atoms with Crippen molar-refractivity contribution in [2.75, 3.05) is 4.90 Å². The molecule has 0 saturated carbocycles. The average molecular weight is 370 g/mol. The fourth-order valence-electron chi connectivity index (χ4n) is 3.64. The highest BCUT2D eigenvalue weighted by Gasteiger charge is 2.32. The highest BCUT2D eigenvalue weighted by Crippen LogP contribution is 2.33. The molecule has 0 aliphatic carbocycles. The topological polar surface area (TPSA) is 49.4 Å². The fraction of sp³-hybridized carbons (Fsp3) is 0.167. The van der Waals surface area contributed by atoms with Crippen molar-refractivity contribution in [2.24, 2.45) is 0 Å². The molecule has 0 saturated heterocycles. The van der Waals surface area contributed by atoms with Gasteiger partial charge < -0.3 is 5.32 Å². The van der Waals surface area contributed by atoms with Crippen LogP contribution in [0.1, 0.15) is 17.5 Å². The van der Waals surface area contributed by atoms with Crippen molar-refractivity contribution in [3.8, 4) is 0 Å². The molecule has 140 valence electrons. The van der Waals surface area contributed by atoms with Gasteiger partial charge in [0.1, 0.15) is 6.04 Å². The maximum absolute atomic E-state index is 13.4. The smallest absolute Gasteiger partial charge is 0.254 e. The van der Waals surface area contributed by atoms with E-state index in [4.69, 9.17) is 0 Å². The van der Waals surface area contributed by atoms with Gasteiger partial charge in [-0.1, -0.05) is 66.7 Å². The molecule has 28 heavy (non-hydrogen) atoms. The van der Waals surface area contributed by atoms with Crippen LogP contribution in [0.4, 0.5) is 11.4 Å². The van der Waals surface area contributed by atoms with E-state index >= 15 is 0 Å². The molecule has 0 fully saturated rings. The van der Waals surface area contributed by atoms with Gasteiger partial charge in [0, 0.05) is 5.69 Å². The van der Waals surface area contributed by atoms with Crippen molar-refractivity contribution in [3.63, 3.8) is 0 Å². The Bertz CT molecular complexity index is 970. The zero-order chi connectivity index (χ0) is 19.3. The van der Waals surface area contributed by atoms with Crippen LogP contribution in [0, 0.1) is 0 Å². The van der Waals surface area contributed by atoms with Crippen LogP contribution in [0.3, 0.4) is 0 Å². The first-order valence-corrected chi connectivity index (χ1v) is 9.52. The molecule has 4 nitrogen and oxygen atoms in total. The Labute approximate surface area is 164 Å². The zero-order valence-corrected chi connectivity index (χ0v) is 15.5. The van der Waals surface area contributed by atoms with E-state index in [9.17, 15) is 9.59 Å². The molecule has 1 N–H and O–H groups in total. The molecule has 1 aliphatic heterocycles. The zero-order valence-electron chi connectivity index (χ0n) is 15.5. The molecular weight excluding hydrogens is 348 g/mol. The summed E-state index contributed by atoms with van der Waals surface area (Å²) in [5.74, 6) is -0.235. The van der Waals surface area contributed by atoms with Crippen LogP contribution in [0.15, 0.2) is 84.9 Å². The number of rotatable bonds is 4. The van der Waals surface area contributed by atoms with Gasteiger partial charge in [0.05, 0.1) is 12.1 Å².